The molecule has 0 bridgehead atoms. The van der Waals surface area contributed by atoms with E-state index in [0.29, 0.717) is 17.4 Å². The standard InChI is InChI=1S/C40H29N5O2/c1-26-21-27(2)44-40(43-26)45-38-24-32(46-30-11-7-9-28(22-30)36-13-3-5-19-41-36)15-17-34(38)35-18-16-33(25-39(35)45)47-31-12-8-10-29(23-31)37-14-4-6-20-42-37/h3-25H,1-2H3. The molecule has 0 N–H and O–H groups in total. The summed E-state index contributed by atoms with van der Waals surface area (Å²) >= 11 is 0. The summed E-state index contributed by atoms with van der Waals surface area (Å²) in [4.78, 5) is 18.7. The number of aromatic nitrogens is 5. The van der Waals surface area contributed by atoms with Gasteiger partial charge >= 0.3 is 0 Å². The number of nitrogens with zero attached hydrogens (tertiary/aromatic N) is 5. The van der Waals surface area contributed by atoms with Gasteiger partial charge < -0.3 is 9.47 Å². The Kier molecular flexibility index (Phi) is 7.11. The lowest BCUT2D eigenvalue weighted by molar-refractivity contribution is 0.483. The van der Waals surface area contributed by atoms with Crippen LogP contribution in [0.5, 0.6) is 23.0 Å². The number of benzene rings is 4. The van der Waals surface area contributed by atoms with Crippen molar-refractivity contribution in [2.24, 2.45) is 0 Å². The number of rotatable bonds is 7. The van der Waals surface area contributed by atoms with Crippen molar-refractivity contribution in [3.63, 3.8) is 0 Å². The zero-order valence-corrected chi connectivity index (χ0v) is 25.8. The zero-order chi connectivity index (χ0) is 31.7. The van der Waals surface area contributed by atoms with E-state index in [1.54, 1.807) is 12.4 Å². The monoisotopic (exact) mass is 611 g/mol. The van der Waals surface area contributed by atoms with Crippen LogP contribution in [0.4, 0.5) is 0 Å². The first-order chi connectivity index (χ1) is 23.1. The molecule has 226 valence electrons. The van der Waals surface area contributed by atoms with Crippen LogP contribution in [0.15, 0.2) is 140 Å². The van der Waals surface area contributed by atoms with E-state index in [1.165, 1.54) is 0 Å². The first-order valence-corrected chi connectivity index (χ1v) is 15.4. The van der Waals surface area contributed by atoms with E-state index in [2.05, 4.69) is 26.7 Å². The van der Waals surface area contributed by atoms with Crippen LogP contribution in [-0.4, -0.2) is 24.5 Å². The Morgan fingerprint density at radius 3 is 1.43 bits per heavy atom. The summed E-state index contributed by atoms with van der Waals surface area (Å²) in [6, 6.07) is 41.9. The van der Waals surface area contributed by atoms with E-state index in [1.807, 2.05) is 129 Å². The molecular formula is C40H29N5O2. The normalized spacial score (nSPS) is 11.2. The molecule has 0 saturated heterocycles. The van der Waals surface area contributed by atoms with Crippen molar-refractivity contribution in [1.82, 2.24) is 24.5 Å². The van der Waals surface area contributed by atoms with Gasteiger partial charge in [0.2, 0.25) is 5.95 Å². The average Bonchev–Trinajstić information content (AvgIpc) is 3.41. The molecule has 0 aliphatic rings. The molecule has 0 unspecified atom stereocenters. The van der Waals surface area contributed by atoms with Crippen LogP contribution in [0.3, 0.4) is 0 Å². The van der Waals surface area contributed by atoms with Gasteiger partial charge in [-0.3, -0.25) is 14.5 Å². The molecule has 0 aliphatic carbocycles. The van der Waals surface area contributed by atoms with Crippen LogP contribution in [0.1, 0.15) is 11.4 Å². The Morgan fingerprint density at radius 2 is 0.957 bits per heavy atom. The summed E-state index contributed by atoms with van der Waals surface area (Å²) in [5.41, 5.74) is 7.39. The Hall–Kier alpha value is -6.34. The van der Waals surface area contributed by atoms with E-state index in [9.17, 15) is 0 Å². The molecule has 4 aromatic heterocycles. The van der Waals surface area contributed by atoms with Crippen molar-refractivity contribution >= 4 is 21.8 Å². The molecule has 7 nitrogen and oxygen atoms in total. The fourth-order valence-corrected chi connectivity index (χ4v) is 5.90. The molecule has 0 spiro atoms. The molecule has 0 fully saturated rings. The maximum Gasteiger partial charge on any atom is 0.235 e. The summed E-state index contributed by atoms with van der Waals surface area (Å²) in [5, 5.41) is 2.11. The first-order valence-electron chi connectivity index (χ1n) is 15.4. The van der Waals surface area contributed by atoms with Crippen LogP contribution in [0, 0.1) is 13.8 Å². The Bertz CT molecular complexity index is 2220. The van der Waals surface area contributed by atoms with Gasteiger partial charge in [-0.2, -0.15) is 0 Å². The van der Waals surface area contributed by atoms with E-state index in [4.69, 9.17) is 19.4 Å². The molecule has 8 aromatic rings. The number of aryl methyl sites for hydroxylation is 2. The maximum atomic E-state index is 6.42. The van der Waals surface area contributed by atoms with Crippen molar-refractivity contribution in [3.8, 4) is 51.5 Å². The van der Waals surface area contributed by atoms with Crippen molar-refractivity contribution in [1.29, 1.82) is 0 Å². The molecule has 0 radical (unpaired) electrons. The minimum Gasteiger partial charge on any atom is -0.457 e. The largest absolute Gasteiger partial charge is 0.457 e. The smallest absolute Gasteiger partial charge is 0.235 e. The van der Waals surface area contributed by atoms with Gasteiger partial charge in [-0.1, -0.05) is 36.4 Å². The van der Waals surface area contributed by atoms with Gasteiger partial charge in [-0.15, -0.1) is 0 Å². The highest BCUT2D eigenvalue weighted by atomic mass is 16.5. The van der Waals surface area contributed by atoms with E-state index < -0.39 is 0 Å². The fraction of sp³-hybridized carbons (Fsp3) is 0.0500. The van der Waals surface area contributed by atoms with Gasteiger partial charge in [0.25, 0.3) is 0 Å². The molecule has 4 heterocycles. The lowest BCUT2D eigenvalue weighted by Gasteiger charge is -2.11. The van der Waals surface area contributed by atoms with Crippen molar-refractivity contribution < 1.29 is 9.47 Å². The van der Waals surface area contributed by atoms with E-state index in [0.717, 1.165) is 67.2 Å². The van der Waals surface area contributed by atoms with Gasteiger partial charge in [0.15, 0.2) is 0 Å². The SMILES string of the molecule is Cc1cc(C)nc(-n2c3cc(Oc4cccc(-c5ccccn5)c4)ccc3c3ccc(Oc4cccc(-c5ccccn5)c4)cc32)n1. The molecule has 0 saturated carbocycles. The average molecular weight is 612 g/mol. The zero-order valence-electron chi connectivity index (χ0n) is 25.8. The fourth-order valence-electron chi connectivity index (χ4n) is 5.90. The predicted octanol–water partition coefficient (Wildman–Crippen LogP) is 9.90. The number of ether oxygens (including phenoxy) is 2. The third-order valence-corrected chi connectivity index (χ3v) is 7.94. The van der Waals surface area contributed by atoms with Gasteiger partial charge in [-0.05, 0) is 92.7 Å². The number of hydrogen-bond donors (Lipinski definition) is 0. The number of fused-ring (bicyclic) bond motifs is 3. The molecule has 0 amide bonds. The maximum absolute atomic E-state index is 6.42. The molecule has 0 atom stereocenters. The third-order valence-electron chi connectivity index (χ3n) is 7.94. The van der Waals surface area contributed by atoms with Crippen LogP contribution >= 0.6 is 0 Å². The summed E-state index contributed by atoms with van der Waals surface area (Å²) in [5.74, 6) is 3.44. The summed E-state index contributed by atoms with van der Waals surface area (Å²) in [7, 11) is 0. The Morgan fingerprint density at radius 1 is 0.468 bits per heavy atom. The van der Waals surface area contributed by atoms with Crippen molar-refractivity contribution in [3.05, 3.63) is 151 Å². The highest BCUT2D eigenvalue weighted by Crippen LogP contribution is 2.38. The minimum atomic E-state index is 0.589. The second-order valence-corrected chi connectivity index (χ2v) is 11.3. The van der Waals surface area contributed by atoms with Crippen LogP contribution in [0.2, 0.25) is 0 Å². The molecule has 47 heavy (non-hydrogen) atoms. The quantitative estimate of drug-likeness (QED) is 0.179. The Balaban J connectivity index is 1.21. The second-order valence-electron chi connectivity index (χ2n) is 11.3. The van der Waals surface area contributed by atoms with E-state index in [-0.39, 0.29) is 0 Å². The van der Waals surface area contributed by atoms with Crippen LogP contribution in [0.25, 0.3) is 50.3 Å². The molecular weight excluding hydrogens is 582 g/mol. The summed E-state index contributed by atoms with van der Waals surface area (Å²) in [6.45, 7) is 3.97. The summed E-state index contributed by atoms with van der Waals surface area (Å²) < 4.78 is 14.9. The predicted molar refractivity (Wildman–Crippen MR) is 185 cm³/mol. The third kappa shape index (κ3) is 5.66. The molecule has 0 aliphatic heterocycles. The topological polar surface area (TPSA) is 75.0 Å². The van der Waals surface area contributed by atoms with Crippen molar-refractivity contribution in [2.45, 2.75) is 13.8 Å². The lowest BCUT2D eigenvalue weighted by atomic mass is 10.1. The van der Waals surface area contributed by atoms with Crippen LogP contribution < -0.4 is 9.47 Å². The highest BCUT2D eigenvalue weighted by molar-refractivity contribution is 6.09. The van der Waals surface area contributed by atoms with E-state index >= 15 is 0 Å². The van der Waals surface area contributed by atoms with Gasteiger partial charge in [0.1, 0.15) is 23.0 Å². The molecule has 7 heteroatoms. The highest BCUT2D eigenvalue weighted by Gasteiger charge is 2.17. The minimum absolute atomic E-state index is 0.589. The second kappa shape index (κ2) is 11.9. The van der Waals surface area contributed by atoms with Crippen molar-refractivity contribution in [2.75, 3.05) is 0 Å². The van der Waals surface area contributed by atoms with Gasteiger partial charge in [0, 0.05) is 57.8 Å². The number of pyridine rings is 2. The van der Waals surface area contributed by atoms with Gasteiger partial charge in [0.05, 0.1) is 22.4 Å². The van der Waals surface area contributed by atoms with Gasteiger partial charge in [-0.25, -0.2) is 9.97 Å². The lowest BCUT2D eigenvalue weighted by Crippen LogP contribution is -2.03. The first kappa shape index (κ1) is 28.2. The van der Waals surface area contributed by atoms with Crippen LogP contribution in [-0.2, 0) is 0 Å². The molecule has 8 rings (SSSR count). The molecule has 4 aromatic carbocycles. The summed E-state index contributed by atoms with van der Waals surface area (Å²) in [6.07, 6.45) is 3.58. The Labute approximate surface area is 271 Å². The number of hydrogen-bond acceptors (Lipinski definition) is 6.